The van der Waals surface area contributed by atoms with E-state index in [2.05, 4.69) is 30.9 Å². The van der Waals surface area contributed by atoms with Gasteiger partial charge in [-0.1, -0.05) is 0 Å². The second-order valence-electron chi connectivity index (χ2n) is 4.77. The van der Waals surface area contributed by atoms with Crippen molar-refractivity contribution >= 4 is 11.4 Å². The number of aryl methyl sites for hydroxylation is 1. The van der Waals surface area contributed by atoms with Crippen LogP contribution in [0.5, 0.6) is 0 Å². The van der Waals surface area contributed by atoms with E-state index in [0.717, 1.165) is 25.4 Å². The van der Waals surface area contributed by atoms with Crippen molar-refractivity contribution in [1.82, 2.24) is 0 Å². The SMILES string of the molecule is CCOC1CCCN(c2cc(C)cc(N)c2)C1. The number of benzene rings is 1. The summed E-state index contributed by atoms with van der Waals surface area (Å²) in [4.78, 5) is 2.38. The molecule has 94 valence electrons. The maximum Gasteiger partial charge on any atom is 0.0750 e. The molecule has 2 rings (SSSR count). The van der Waals surface area contributed by atoms with Gasteiger partial charge in [0.05, 0.1) is 6.10 Å². The summed E-state index contributed by atoms with van der Waals surface area (Å²) in [5.74, 6) is 0. The highest BCUT2D eigenvalue weighted by Gasteiger charge is 2.20. The monoisotopic (exact) mass is 234 g/mol. The molecule has 3 nitrogen and oxygen atoms in total. The van der Waals surface area contributed by atoms with Gasteiger partial charge in [-0.3, -0.25) is 0 Å². The van der Waals surface area contributed by atoms with Gasteiger partial charge in [0, 0.05) is 31.1 Å². The molecular formula is C14H22N2O. The Hall–Kier alpha value is -1.22. The van der Waals surface area contributed by atoms with E-state index in [1.54, 1.807) is 0 Å². The molecule has 2 N–H and O–H groups in total. The van der Waals surface area contributed by atoms with Gasteiger partial charge in [-0.25, -0.2) is 0 Å². The minimum Gasteiger partial charge on any atom is -0.399 e. The van der Waals surface area contributed by atoms with E-state index in [-0.39, 0.29) is 0 Å². The van der Waals surface area contributed by atoms with Gasteiger partial charge in [-0.05, 0) is 50.5 Å². The molecule has 1 atom stereocenters. The van der Waals surface area contributed by atoms with Crippen molar-refractivity contribution in [3.8, 4) is 0 Å². The molecule has 17 heavy (non-hydrogen) atoms. The first-order valence-electron chi connectivity index (χ1n) is 6.42. The second kappa shape index (κ2) is 5.41. The summed E-state index contributed by atoms with van der Waals surface area (Å²) in [6.45, 7) is 7.03. The van der Waals surface area contributed by atoms with Crippen molar-refractivity contribution in [3.63, 3.8) is 0 Å². The maximum absolute atomic E-state index is 5.90. The average molecular weight is 234 g/mol. The van der Waals surface area contributed by atoms with Crippen molar-refractivity contribution in [1.29, 1.82) is 0 Å². The quantitative estimate of drug-likeness (QED) is 0.817. The lowest BCUT2D eigenvalue weighted by molar-refractivity contribution is 0.0527. The van der Waals surface area contributed by atoms with Crippen molar-refractivity contribution < 1.29 is 4.74 Å². The third-order valence-electron chi connectivity index (χ3n) is 3.23. The van der Waals surface area contributed by atoms with Crippen LogP contribution >= 0.6 is 0 Å². The molecule has 0 spiro atoms. The fourth-order valence-corrected chi connectivity index (χ4v) is 2.52. The zero-order chi connectivity index (χ0) is 12.3. The summed E-state index contributed by atoms with van der Waals surface area (Å²) in [5, 5.41) is 0. The van der Waals surface area contributed by atoms with Crippen LogP contribution in [0.15, 0.2) is 18.2 Å². The summed E-state index contributed by atoms with van der Waals surface area (Å²) in [6, 6.07) is 6.26. The Morgan fingerprint density at radius 1 is 1.41 bits per heavy atom. The third-order valence-corrected chi connectivity index (χ3v) is 3.23. The number of hydrogen-bond acceptors (Lipinski definition) is 3. The lowest BCUT2D eigenvalue weighted by Crippen LogP contribution is -2.39. The Balaban J connectivity index is 2.10. The molecule has 0 bridgehead atoms. The molecule has 1 aromatic rings. The molecule has 1 fully saturated rings. The van der Waals surface area contributed by atoms with Crippen LogP contribution in [0.25, 0.3) is 0 Å². The summed E-state index contributed by atoms with van der Waals surface area (Å²) >= 11 is 0. The Morgan fingerprint density at radius 3 is 2.94 bits per heavy atom. The molecule has 1 aromatic carbocycles. The molecule has 0 aromatic heterocycles. The van der Waals surface area contributed by atoms with E-state index in [1.807, 2.05) is 6.07 Å². The van der Waals surface area contributed by atoms with E-state index in [9.17, 15) is 0 Å². The zero-order valence-corrected chi connectivity index (χ0v) is 10.8. The van der Waals surface area contributed by atoms with Gasteiger partial charge in [0.15, 0.2) is 0 Å². The van der Waals surface area contributed by atoms with E-state index >= 15 is 0 Å². The van der Waals surface area contributed by atoms with Gasteiger partial charge in [0.1, 0.15) is 0 Å². The second-order valence-corrected chi connectivity index (χ2v) is 4.77. The summed E-state index contributed by atoms with van der Waals surface area (Å²) in [7, 11) is 0. The minimum atomic E-state index is 0.371. The Bertz CT molecular complexity index is 356. The normalized spacial score (nSPS) is 20.6. The average Bonchev–Trinajstić information content (AvgIpc) is 2.28. The fourth-order valence-electron chi connectivity index (χ4n) is 2.52. The van der Waals surface area contributed by atoms with Crippen molar-refractivity contribution in [2.45, 2.75) is 32.8 Å². The molecule has 1 saturated heterocycles. The number of nitrogens with two attached hydrogens (primary N) is 1. The largest absolute Gasteiger partial charge is 0.399 e. The van der Waals surface area contributed by atoms with Crippen molar-refractivity contribution in [2.75, 3.05) is 30.3 Å². The minimum absolute atomic E-state index is 0.371. The molecule has 3 heteroatoms. The molecule has 0 radical (unpaired) electrons. The first kappa shape index (κ1) is 12.2. The van der Waals surface area contributed by atoms with Crippen LogP contribution in [0.4, 0.5) is 11.4 Å². The smallest absolute Gasteiger partial charge is 0.0750 e. The molecule has 1 unspecified atom stereocenters. The highest BCUT2D eigenvalue weighted by atomic mass is 16.5. The highest BCUT2D eigenvalue weighted by Crippen LogP contribution is 2.24. The fraction of sp³-hybridized carbons (Fsp3) is 0.571. The van der Waals surface area contributed by atoms with Gasteiger partial charge in [-0.15, -0.1) is 0 Å². The molecule has 0 amide bonds. The van der Waals surface area contributed by atoms with Crippen LogP contribution in [-0.2, 0) is 4.74 Å². The Morgan fingerprint density at radius 2 is 2.24 bits per heavy atom. The van der Waals surface area contributed by atoms with Crippen LogP contribution in [0, 0.1) is 6.92 Å². The van der Waals surface area contributed by atoms with Gasteiger partial charge < -0.3 is 15.4 Å². The van der Waals surface area contributed by atoms with Crippen LogP contribution in [0.1, 0.15) is 25.3 Å². The number of rotatable bonds is 3. The predicted octanol–water partition coefficient (Wildman–Crippen LogP) is 2.58. The van der Waals surface area contributed by atoms with Crippen LogP contribution < -0.4 is 10.6 Å². The van der Waals surface area contributed by atoms with Crippen LogP contribution in [0.3, 0.4) is 0 Å². The van der Waals surface area contributed by atoms with Crippen molar-refractivity contribution in [2.24, 2.45) is 0 Å². The summed E-state index contributed by atoms with van der Waals surface area (Å²) in [6.07, 6.45) is 2.74. The van der Waals surface area contributed by atoms with Gasteiger partial charge in [-0.2, -0.15) is 0 Å². The van der Waals surface area contributed by atoms with E-state index in [4.69, 9.17) is 10.5 Å². The first-order chi connectivity index (χ1) is 8.19. The number of nitrogen functional groups attached to an aromatic ring is 1. The number of anilines is 2. The van der Waals surface area contributed by atoms with E-state index < -0.39 is 0 Å². The molecule has 0 saturated carbocycles. The zero-order valence-electron chi connectivity index (χ0n) is 10.8. The molecule has 0 aliphatic carbocycles. The standard InChI is InChI=1S/C14H22N2O/c1-3-17-14-5-4-6-16(10-14)13-8-11(2)7-12(15)9-13/h7-9,14H,3-6,10,15H2,1-2H3. The first-order valence-corrected chi connectivity index (χ1v) is 6.42. The predicted molar refractivity (Wildman–Crippen MR) is 72.5 cm³/mol. The number of hydrogen-bond donors (Lipinski definition) is 1. The van der Waals surface area contributed by atoms with Crippen LogP contribution in [-0.4, -0.2) is 25.8 Å². The number of nitrogens with zero attached hydrogens (tertiary/aromatic N) is 1. The maximum atomic E-state index is 5.90. The lowest BCUT2D eigenvalue weighted by Gasteiger charge is -2.34. The van der Waals surface area contributed by atoms with Crippen LogP contribution in [0.2, 0.25) is 0 Å². The number of piperidine rings is 1. The lowest BCUT2D eigenvalue weighted by atomic mass is 10.1. The summed E-state index contributed by atoms with van der Waals surface area (Å²) in [5.41, 5.74) is 9.20. The molecule has 1 aliphatic rings. The van der Waals surface area contributed by atoms with Gasteiger partial charge in [0.25, 0.3) is 0 Å². The third kappa shape index (κ3) is 3.13. The molecule has 1 heterocycles. The molecule has 1 aliphatic heterocycles. The van der Waals surface area contributed by atoms with Gasteiger partial charge >= 0.3 is 0 Å². The summed E-state index contributed by atoms with van der Waals surface area (Å²) < 4.78 is 5.72. The van der Waals surface area contributed by atoms with Crippen molar-refractivity contribution in [3.05, 3.63) is 23.8 Å². The van der Waals surface area contributed by atoms with Gasteiger partial charge in [0.2, 0.25) is 0 Å². The molecular weight excluding hydrogens is 212 g/mol. The highest BCUT2D eigenvalue weighted by molar-refractivity contribution is 5.58. The van der Waals surface area contributed by atoms with E-state index in [1.165, 1.54) is 24.1 Å². The number of ether oxygens (including phenoxy) is 1. The Labute approximate surface area is 104 Å². The van der Waals surface area contributed by atoms with E-state index in [0.29, 0.717) is 6.10 Å². The Kier molecular flexibility index (Phi) is 3.89. The topological polar surface area (TPSA) is 38.5 Å².